The van der Waals surface area contributed by atoms with Gasteiger partial charge >= 0.3 is 0 Å². The summed E-state index contributed by atoms with van der Waals surface area (Å²) in [6.45, 7) is 3.39. The quantitative estimate of drug-likeness (QED) is 0.928. The van der Waals surface area contributed by atoms with Gasteiger partial charge in [-0.3, -0.25) is 9.69 Å². The number of hydrogen-bond acceptors (Lipinski definition) is 5. The summed E-state index contributed by atoms with van der Waals surface area (Å²) >= 11 is 5.89. The Morgan fingerprint density at radius 3 is 2.87 bits per heavy atom. The summed E-state index contributed by atoms with van der Waals surface area (Å²) in [5.41, 5.74) is 6.26. The van der Waals surface area contributed by atoms with E-state index < -0.39 is 0 Å². The van der Waals surface area contributed by atoms with E-state index in [1.807, 2.05) is 19.1 Å². The fraction of sp³-hybridized carbons (Fsp3) is 0.438. The maximum Gasteiger partial charge on any atom is 0.234 e. The largest absolute Gasteiger partial charge is 0.368 e. The number of aromatic nitrogens is 2. The lowest BCUT2D eigenvalue weighted by Crippen LogP contribution is -2.47. The second-order valence-corrected chi connectivity index (χ2v) is 6.31. The van der Waals surface area contributed by atoms with Gasteiger partial charge in [-0.25, -0.2) is 0 Å². The average molecular weight is 335 g/mol. The summed E-state index contributed by atoms with van der Waals surface area (Å²) in [7, 11) is 0. The lowest BCUT2D eigenvalue weighted by Gasteiger charge is -2.33. The molecule has 1 aromatic heterocycles. The van der Waals surface area contributed by atoms with Crippen LogP contribution < -0.4 is 5.73 Å². The van der Waals surface area contributed by atoms with Crippen LogP contribution in [-0.4, -0.2) is 40.1 Å². The first-order valence-corrected chi connectivity index (χ1v) is 8.05. The van der Waals surface area contributed by atoms with Gasteiger partial charge in [0.25, 0.3) is 0 Å². The summed E-state index contributed by atoms with van der Waals surface area (Å²) in [6, 6.07) is 7.03. The predicted molar refractivity (Wildman–Crippen MR) is 86.9 cm³/mol. The molecule has 1 aliphatic rings. The summed E-state index contributed by atoms with van der Waals surface area (Å²) in [5.74, 6) is 0.977. The second-order valence-electron chi connectivity index (χ2n) is 5.88. The maximum atomic E-state index is 11.4. The number of nitrogens with two attached hydrogens (primary N) is 1. The van der Waals surface area contributed by atoms with Crippen molar-refractivity contribution in [2.24, 2.45) is 5.73 Å². The van der Waals surface area contributed by atoms with Crippen LogP contribution in [-0.2, 0) is 4.79 Å². The Bertz CT molecular complexity index is 686. The van der Waals surface area contributed by atoms with Crippen molar-refractivity contribution in [1.82, 2.24) is 15.0 Å². The summed E-state index contributed by atoms with van der Waals surface area (Å²) in [6.07, 6.45) is 1.94. The number of rotatable bonds is 4. The van der Waals surface area contributed by atoms with Gasteiger partial charge in [-0.05, 0) is 50.6 Å². The number of likely N-dealkylation sites (tertiary alicyclic amines) is 1. The van der Waals surface area contributed by atoms with Crippen molar-refractivity contribution in [2.45, 2.75) is 31.7 Å². The first kappa shape index (κ1) is 16.0. The van der Waals surface area contributed by atoms with E-state index >= 15 is 0 Å². The SMILES string of the molecule is C[C@H](C(N)=O)N1CCC[C@H](c2nc(-c3ccc(Cl)cc3)no2)C1. The van der Waals surface area contributed by atoms with E-state index in [0.717, 1.165) is 24.9 Å². The van der Waals surface area contributed by atoms with E-state index in [2.05, 4.69) is 15.0 Å². The van der Waals surface area contributed by atoms with Crippen LogP contribution >= 0.6 is 11.6 Å². The molecule has 2 aromatic rings. The number of amides is 1. The van der Waals surface area contributed by atoms with Gasteiger partial charge in [-0.15, -0.1) is 0 Å². The molecule has 1 saturated heterocycles. The number of hydrogen-bond donors (Lipinski definition) is 1. The number of benzene rings is 1. The zero-order valence-electron chi connectivity index (χ0n) is 12.9. The van der Waals surface area contributed by atoms with Crippen LogP contribution in [0.2, 0.25) is 5.02 Å². The standard InChI is InChI=1S/C16H19ClN4O2/c1-10(14(18)22)21-8-2-3-12(9-21)16-19-15(20-23-16)11-4-6-13(17)7-5-11/h4-7,10,12H,2-3,8-9H2,1H3,(H2,18,22)/t10-,12+/m1/s1. The molecule has 2 N–H and O–H groups in total. The minimum Gasteiger partial charge on any atom is -0.368 e. The first-order valence-electron chi connectivity index (χ1n) is 7.67. The Morgan fingerprint density at radius 1 is 1.43 bits per heavy atom. The predicted octanol–water partition coefficient (Wildman–Crippen LogP) is 2.44. The van der Waals surface area contributed by atoms with E-state index in [0.29, 0.717) is 23.3 Å². The van der Waals surface area contributed by atoms with Crippen LogP contribution in [0.1, 0.15) is 31.6 Å². The molecule has 1 aromatic carbocycles. The monoisotopic (exact) mass is 334 g/mol. The molecule has 0 radical (unpaired) electrons. The molecule has 23 heavy (non-hydrogen) atoms. The van der Waals surface area contributed by atoms with E-state index in [4.69, 9.17) is 21.9 Å². The minimum absolute atomic E-state index is 0.124. The Hall–Kier alpha value is -1.92. The number of nitrogens with zero attached hydrogens (tertiary/aromatic N) is 3. The molecule has 3 rings (SSSR count). The van der Waals surface area contributed by atoms with Crippen molar-refractivity contribution in [3.63, 3.8) is 0 Å². The second kappa shape index (κ2) is 6.68. The van der Waals surface area contributed by atoms with Crippen molar-refractivity contribution in [2.75, 3.05) is 13.1 Å². The fourth-order valence-corrected chi connectivity index (χ4v) is 2.98. The lowest BCUT2D eigenvalue weighted by molar-refractivity contribution is -0.123. The average Bonchev–Trinajstić information content (AvgIpc) is 3.05. The molecule has 1 amide bonds. The molecule has 2 heterocycles. The van der Waals surface area contributed by atoms with Crippen molar-refractivity contribution < 1.29 is 9.32 Å². The molecule has 7 heteroatoms. The number of halogens is 1. The zero-order valence-corrected chi connectivity index (χ0v) is 13.7. The Morgan fingerprint density at radius 2 is 2.17 bits per heavy atom. The summed E-state index contributed by atoms with van der Waals surface area (Å²) < 4.78 is 5.44. The highest BCUT2D eigenvalue weighted by Gasteiger charge is 2.30. The van der Waals surface area contributed by atoms with Crippen molar-refractivity contribution in [3.05, 3.63) is 35.2 Å². The number of piperidine rings is 1. The van der Waals surface area contributed by atoms with Crippen molar-refractivity contribution >= 4 is 17.5 Å². The van der Waals surface area contributed by atoms with E-state index in [1.165, 1.54) is 0 Å². The fourth-order valence-electron chi connectivity index (χ4n) is 2.86. The van der Waals surface area contributed by atoms with Crippen LogP contribution in [0.15, 0.2) is 28.8 Å². The molecule has 122 valence electrons. The first-order chi connectivity index (χ1) is 11.0. The molecule has 0 unspecified atom stereocenters. The van der Waals surface area contributed by atoms with Crippen LogP contribution in [0, 0.1) is 0 Å². The van der Waals surface area contributed by atoms with Crippen LogP contribution in [0.3, 0.4) is 0 Å². The smallest absolute Gasteiger partial charge is 0.234 e. The molecule has 2 atom stereocenters. The molecule has 0 spiro atoms. The van der Waals surface area contributed by atoms with Crippen LogP contribution in [0.25, 0.3) is 11.4 Å². The van der Waals surface area contributed by atoms with E-state index in [1.54, 1.807) is 12.1 Å². The molecule has 1 fully saturated rings. The van der Waals surface area contributed by atoms with Gasteiger partial charge in [-0.2, -0.15) is 4.98 Å². The third kappa shape index (κ3) is 3.54. The van der Waals surface area contributed by atoms with Gasteiger partial charge in [0, 0.05) is 17.1 Å². The highest BCUT2D eigenvalue weighted by atomic mass is 35.5. The Kier molecular flexibility index (Phi) is 4.63. The molecule has 1 aliphatic heterocycles. The summed E-state index contributed by atoms with van der Waals surface area (Å²) in [4.78, 5) is 18.0. The van der Waals surface area contributed by atoms with Crippen LogP contribution in [0.4, 0.5) is 0 Å². The maximum absolute atomic E-state index is 11.4. The number of primary amides is 1. The zero-order chi connectivity index (χ0) is 16.4. The number of carbonyl (C=O) groups is 1. The lowest BCUT2D eigenvalue weighted by atomic mass is 9.96. The van der Waals surface area contributed by atoms with Crippen molar-refractivity contribution in [1.29, 1.82) is 0 Å². The van der Waals surface area contributed by atoms with E-state index in [9.17, 15) is 4.79 Å². The highest BCUT2D eigenvalue weighted by Crippen LogP contribution is 2.28. The highest BCUT2D eigenvalue weighted by molar-refractivity contribution is 6.30. The third-order valence-electron chi connectivity index (χ3n) is 4.31. The van der Waals surface area contributed by atoms with Gasteiger partial charge in [-0.1, -0.05) is 16.8 Å². The topological polar surface area (TPSA) is 85.3 Å². The number of carbonyl (C=O) groups excluding carboxylic acids is 1. The molecule has 0 aliphatic carbocycles. The minimum atomic E-state index is -0.307. The van der Waals surface area contributed by atoms with Gasteiger partial charge in [0.15, 0.2) is 0 Å². The molecule has 6 nitrogen and oxygen atoms in total. The normalized spacial score (nSPS) is 20.3. The molecule has 0 bridgehead atoms. The van der Waals surface area contributed by atoms with Gasteiger partial charge in [0.05, 0.1) is 12.0 Å². The Labute approximate surface area is 139 Å². The van der Waals surface area contributed by atoms with Gasteiger partial charge in [0.2, 0.25) is 17.6 Å². The van der Waals surface area contributed by atoms with Gasteiger partial charge < -0.3 is 10.3 Å². The molecular formula is C16H19ClN4O2. The molecular weight excluding hydrogens is 316 g/mol. The molecule has 0 saturated carbocycles. The summed E-state index contributed by atoms with van der Waals surface area (Å²) in [5, 5.41) is 4.72. The van der Waals surface area contributed by atoms with E-state index in [-0.39, 0.29) is 17.9 Å². The van der Waals surface area contributed by atoms with Crippen LogP contribution in [0.5, 0.6) is 0 Å². The Balaban J connectivity index is 1.74. The van der Waals surface area contributed by atoms with Gasteiger partial charge in [0.1, 0.15) is 0 Å². The third-order valence-corrected chi connectivity index (χ3v) is 4.56. The van der Waals surface area contributed by atoms with Crippen molar-refractivity contribution in [3.8, 4) is 11.4 Å².